The highest BCUT2D eigenvalue weighted by atomic mass is 79.9. The molecule has 1 amide bonds. The number of hydrogen-bond acceptors (Lipinski definition) is 9. The van der Waals surface area contributed by atoms with E-state index in [1.807, 2.05) is 41.3 Å². The number of carbonyl (C=O) groups excluding carboxylic acids is 1. The summed E-state index contributed by atoms with van der Waals surface area (Å²) >= 11 is 4.73. The molecule has 2 aromatic carbocycles. The van der Waals surface area contributed by atoms with Crippen LogP contribution in [0.1, 0.15) is 60.3 Å². The quantitative estimate of drug-likeness (QED) is 0.184. The van der Waals surface area contributed by atoms with E-state index in [2.05, 4.69) is 65.5 Å². The number of carbonyl (C=O) groups is 1. The van der Waals surface area contributed by atoms with Crippen molar-refractivity contribution in [1.82, 2.24) is 24.8 Å². The van der Waals surface area contributed by atoms with Crippen LogP contribution in [0.25, 0.3) is 22.5 Å². The summed E-state index contributed by atoms with van der Waals surface area (Å²) in [5.41, 5.74) is 5.78. The number of fused-ring (bicyclic) bond motifs is 5. The monoisotopic (exact) mass is 684 g/mol. The van der Waals surface area contributed by atoms with E-state index in [-0.39, 0.29) is 24.5 Å². The van der Waals surface area contributed by atoms with Gasteiger partial charge >= 0.3 is 0 Å². The molecule has 0 radical (unpaired) electrons. The Kier molecular flexibility index (Phi) is 7.56. The fraction of sp³-hybridized carbons (Fsp3) is 0.324. The van der Waals surface area contributed by atoms with Gasteiger partial charge in [0, 0.05) is 28.2 Å². The number of nitrogens with one attached hydrogen (secondary N) is 1. The Bertz CT molecular complexity index is 1920. The average Bonchev–Trinajstić information content (AvgIpc) is 3.61. The third-order valence-electron chi connectivity index (χ3n) is 8.70. The predicted molar refractivity (Wildman–Crippen MR) is 178 cm³/mol. The van der Waals surface area contributed by atoms with Crippen molar-refractivity contribution < 1.29 is 13.9 Å². The number of halogens is 1. The van der Waals surface area contributed by atoms with Crippen molar-refractivity contribution in [2.24, 2.45) is 5.41 Å². The summed E-state index contributed by atoms with van der Waals surface area (Å²) in [6.07, 6.45) is 4.64. The number of anilines is 1. The number of benzene rings is 2. The number of nitrogens with zero attached hydrogens (tertiary/aromatic N) is 5. The molecule has 0 saturated heterocycles. The first-order valence-corrected chi connectivity index (χ1v) is 16.5. The topological polar surface area (TPSA) is 106 Å². The fourth-order valence-electron chi connectivity index (χ4n) is 6.19. The first kappa shape index (κ1) is 29.7. The van der Waals surface area contributed by atoms with E-state index in [1.165, 1.54) is 11.9 Å². The molecule has 1 aliphatic heterocycles. The van der Waals surface area contributed by atoms with Crippen LogP contribution >= 0.6 is 27.9 Å². The van der Waals surface area contributed by atoms with Crippen LogP contribution in [-0.2, 0) is 6.54 Å². The van der Waals surface area contributed by atoms with E-state index in [0.29, 0.717) is 39.0 Å². The van der Waals surface area contributed by atoms with Crippen LogP contribution in [0.4, 0.5) is 5.95 Å². The minimum atomic E-state index is -0.704. The van der Waals surface area contributed by atoms with Crippen LogP contribution in [0.2, 0.25) is 0 Å². The first-order chi connectivity index (χ1) is 21.6. The average molecular weight is 686 g/mol. The van der Waals surface area contributed by atoms with Gasteiger partial charge in [0.1, 0.15) is 12.1 Å². The zero-order chi connectivity index (χ0) is 31.3. The smallest absolute Gasteiger partial charge is 0.254 e. The number of hydrogen-bond donors (Lipinski definition) is 1. The lowest BCUT2D eigenvalue weighted by atomic mass is 9.86. The molecule has 4 bridgehead atoms. The molecule has 2 aliphatic rings. The van der Waals surface area contributed by atoms with Crippen molar-refractivity contribution in [3.8, 4) is 17.1 Å². The van der Waals surface area contributed by atoms with Crippen LogP contribution in [-0.4, -0.2) is 42.9 Å². The summed E-state index contributed by atoms with van der Waals surface area (Å²) in [6, 6.07) is 17.5. The number of ether oxygens (including phenoxy) is 1. The molecule has 230 valence electrons. The number of furan rings is 1. The molecule has 1 atom stereocenters. The van der Waals surface area contributed by atoms with Crippen LogP contribution < -0.4 is 9.46 Å². The second kappa shape index (κ2) is 11.4. The molecule has 4 heterocycles. The molecule has 45 heavy (non-hydrogen) atoms. The lowest BCUT2D eigenvalue weighted by Gasteiger charge is -2.42. The lowest BCUT2D eigenvalue weighted by Crippen LogP contribution is -2.54. The molecule has 1 saturated carbocycles. The second-order valence-corrected chi connectivity index (χ2v) is 14.3. The molecule has 9 nitrogen and oxygen atoms in total. The Morgan fingerprint density at radius 3 is 2.58 bits per heavy atom. The highest BCUT2D eigenvalue weighted by Gasteiger charge is 2.48. The van der Waals surface area contributed by atoms with Gasteiger partial charge in [-0.25, -0.2) is 15.0 Å². The van der Waals surface area contributed by atoms with Gasteiger partial charge in [-0.15, -0.1) is 0 Å². The van der Waals surface area contributed by atoms with Crippen molar-refractivity contribution in [1.29, 1.82) is 0 Å². The Labute approximate surface area is 274 Å². The third kappa shape index (κ3) is 6.15. The molecule has 11 heteroatoms. The van der Waals surface area contributed by atoms with Crippen molar-refractivity contribution in [2.75, 3.05) is 11.3 Å². The van der Waals surface area contributed by atoms with E-state index in [1.54, 1.807) is 12.3 Å². The van der Waals surface area contributed by atoms with E-state index in [9.17, 15) is 4.79 Å². The van der Waals surface area contributed by atoms with E-state index < -0.39 is 5.54 Å². The normalized spacial score (nSPS) is 19.2. The van der Waals surface area contributed by atoms with Crippen molar-refractivity contribution >= 4 is 51.0 Å². The summed E-state index contributed by atoms with van der Waals surface area (Å²) < 4.78 is 16.0. The van der Waals surface area contributed by atoms with Crippen LogP contribution in [0.15, 0.2) is 74.8 Å². The molecule has 0 unspecified atom stereocenters. The van der Waals surface area contributed by atoms with Crippen molar-refractivity contribution in [3.63, 3.8) is 0 Å². The van der Waals surface area contributed by atoms with Gasteiger partial charge < -0.3 is 14.1 Å². The molecule has 1 aliphatic carbocycles. The number of amides is 1. The van der Waals surface area contributed by atoms with E-state index in [0.717, 1.165) is 46.5 Å². The third-order valence-corrected chi connectivity index (χ3v) is 9.86. The van der Waals surface area contributed by atoms with Gasteiger partial charge in [0.05, 0.1) is 29.7 Å². The first-order valence-electron chi connectivity index (χ1n) is 14.9. The largest absolute Gasteiger partial charge is 0.475 e. The van der Waals surface area contributed by atoms with Gasteiger partial charge in [-0.1, -0.05) is 31.2 Å². The van der Waals surface area contributed by atoms with Gasteiger partial charge in [-0.3, -0.25) is 9.52 Å². The standard InChI is InChI=1S/C34H33BrN6O3S/c1-20-7-5-8-21(2)29(20)25-15-28-39-32(38-25)40-45-24-10-6-9-22(13-24)31(42)41(34(4,19-43-28)18-33(3)11-12-33)17-23-16-36-30-26(37-23)14-27(35)44-30/h5-10,13-16H,11-12,17-19H2,1-4H3,(H,38,39,40)/t34-/m1/s1. The zero-order valence-electron chi connectivity index (χ0n) is 25.6. The minimum absolute atomic E-state index is 0.101. The second-order valence-electron chi connectivity index (χ2n) is 12.7. The Morgan fingerprint density at radius 2 is 1.80 bits per heavy atom. The highest BCUT2D eigenvalue weighted by molar-refractivity contribution is 9.10. The van der Waals surface area contributed by atoms with Crippen LogP contribution in [0.5, 0.6) is 5.88 Å². The summed E-state index contributed by atoms with van der Waals surface area (Å²) in [5.74, 6) is 0.783. The lowest BCUT2D eigenvalue weighted by molar-refractivity contribution is 0.0193. The summed E-state index contributed by atoms with van der Waals surface area (Å²) in [5, 5.41) is 0. The van der Waals surface area contributed by atoms with Gasteiger partial charge in [0.25, 0.3) is 5.91 Å². The van der Waals surface area contributed by atoms with Gasteiger partial charge in [-0.05, 0) is 103 Å². The maximum atomic E-state index is 14.5. The Morgan fingerprint density at radius 1 is 1.02 bits per heavy atom. The van der Waals surface area contributed by atoms with Crippen molar-refractivity contribution in [2.45, 2.75) is 63.9 Å². The van der Waals surface area contributed by atoms with E-state index >= 15 is 0 Å². The number of rotatable bonds is 5. The summed E-state index contributed by atoms with van der Waals surface area (Å²) in [6.45, 7) is 9.04. The Balaban J connectivity index is 1.34. The van der Waals surface area contributed by atoms with Crippen LogP contribution in [0, 0.1) is 19.3 Å². The molecule has 1 fully saturated rings. The maximum Gasteiger partial charge on any atom is 0.254 e. The molecule has 7 rings (SSSR count). The fourth-order valence-corrected chi connectivity index (χ4v) is 7.19. The highest BCUT2D eigenvalue weighted by Crippen LogP contribution is 2.52. The molecular formula is C34H33BrN6O3S. The minimum Gasteiger partial charge on any atom is -0.475 e. The predicted octanol–water partition coefficient (Wildman–Crippen LogP) is 8.16. The van der Waals surface area contributed by atoms with Crippen LogP contribution in [0.3, 0.4) is 0 Å². The Hall–Kier alpha value is -3.96. The zero-order valence-corrected chi connectivity index (χ0v) is 28.0. The van der Waals surface area contributed by atoms with Gasteiger partial charge in [0.15, 0.2) is 4.67 Å². The number of aryl methyl sites for hydroxylation is 2. The molecule has 3 aromatic heterocycles. The number of aromatic nitrogens is 4. The van der Waals surface area contributed by atoms with E-state index in [4.69, 9.17) is 24.1 Å². The molecule has 1 N–H and O–H groups in total. The SMILES string of the molecule is Cc1cccc(C)c1-c1cc2nc(n1)NSc1cccc(c1)C(=O)N(Cc1cnc3oc(Br)cc3n1)[C@](C)(CC1(C)CC1)CO2. The van der Waals surface area contributed by atoms with Crippen molar-refractivity contribution in [3.05, 3.63) is 87.8 Å². The molecular weight excluding hydrogens is 652 g/mol. The van der Waals surface area contributed by atoms with Gasteiger partial charge in [0.2, 0.25) is 17.5 Å². The summed E-state index contributed by atoms with van der Waals surface area (Å²) in [7, 11) is 0. The summed E-state index contributed by atoms with van der Waals surface area (Å²) in [4.78, 5) is 36.2. The van der Waals surface area contributed by atoms with Gasteiger partial charge in [-0.2, -0.15) is 4.98 Å². The molecule has 0 spiro atoms. The maximum absolute atomic E-state index is 14.5. The molecule has 5 aromatic rings.